The number of carbonyl (C=O) groups is 1. The van der Waals surface area contributed by atoms with Crippen molar-refractivity contribution >= 4 is 27.5 Å². The molecule has 1 N–H and O–H groups in total. The summed E-state index contributed by atoms with van der Waals surface area (Å²) in [6.07, 6.45) is 0.735. The Bertz CT molecular complexity index is 886. The molecule has 1 heterocycles. The van der Waals surface area contributed by atoms with Crippen LogP contribution >= 0.6 is 11.5 Å². The molecule has 0 bridgehead atoms. The first kappa shape index (κ1) is 15.4. The lowest BCUT2D eigenvalue weighted by molar-refractivity contribution is -0.121. The van der Waals surface area contributed by atoms with Gasteiger partial charge in [0.1, 0.15) is 12.4 Å². The SMILES string of the molecule is O=C(Cn1sc2cc(F)ccc2c1=O)NCCc1ccccc1. The molecule has 0 aliphatic carbocycles. The molecule has 0 aliphatic rings. The van der Waals surface area contributed by atoms with Gasteiger partial charge in [-0.15, -0.1) is 0 Å². The third-order valence-electron chi connectivity index (χ3n) is 3.48. The molecule has 0 aliphatic heterocycles. The second-order valence-electron chi connectivity index (χ2n) is 5.16. The maximum Gasteiger partial charge on any atom is 0.269 e. The predicted molar refractivity (Wildman–Crippen MR) is 89.2 cm³/mol. The van der Waals surface area contributed by atoms with Gasteiger partial charge in [0, 0.05) is 6.54 Å². The number of nitrogens with one attached hydrogen (secondary N) is 1. The van der Waals surface area contributed by atoms with Crippen molar-refractivity contribution in [1.29, 1.82) is 0 Å². The monoisotopic (exact) mass is 330 g/mol. The summed E-state index contributed by atoms with van der Waals surface area (Å²) in [5.74, 6) is -0.617. The van der Waals surface area contributed by atoms with Crippen LogP contribution in [-0.2, 0) is 17.8 Å². The number of nitrogens with zero attached hydrogens (tertiary/aromatic N) is 1. The van der Waals surface area contributed by atoms with Crippen molar-refractivity contribution in [3.63, 3.8) is 0 Å². The van der Waals surface area contributed by atoms with Crippen LogP contribution in [0.5, 0.6) is 0 Å². The second kappa shape index (κ2) is 6.75. The molecule has 23 heavy (non-hydrogen) atoms. The van der Waals surface area contributed by atoms with Gasteiger partial charge in [-0.05, 0) is 30.2 Å². The minimum absolute atomic E-state index is 0.0470. The fourth-order valence-electron chi connectivity index (χ4n) is 2.32. The Morgan fingerprint density at radius 1 is 1.17 bits per heavy atom. The standard InChI is InChI=1S/C17H15FN2O2S/c18-13-6-7-14-15(10-13)23-20(17(14)22)11-16(21)19-9-8-12-4-2-1-3-5-12/h1-7,10H,8-9,11H2,(H,19,21). The molecule has 3 rings (SSSR count). The van der Waals surface area contributed by atoms with Gasteiger partial charge in [-0.3, -0.25) is 13.5 Å². The van der Waals surface area contributed by atoms with Gasteiger partial charge in [-0.1, -0.05) is 41.9 Å². The first-order chi connectivity index (χ1) is 11.1. The number of benzene rings is 2. The van der Waals surface area contributed by atoms with Crippen LogP contribution in [-0.4, -0.2) is 16.4 Å². The van der Waals surface area contributed by atoms with E-state index in [0.29, 0.717) is 16.6 Å². The van der Waals surface area contributed by atoms with Crippen molar-refractivity contribution in [1.82, 2.24) is 9.27 Å². The Hall–Kier alpha value is -2.47. The number of amides is 1. The number of aromatic nitrogens is 1. The Labute approximate surface area is 136 Å². The van der Waals surface area contributed by atoms with Gasteiger partial charge in [-0.25, -0.2) is 4.39 Å². The van der Waals surface area contributed by atoms with Crippen LogP contribution in [0.15, 0.2) is 53.3 Å². The maximum atomic E-state index is 13.2. The molecule has 118 valence electrons. The summed E-state index contributed by atoms with van der Waals surface area (Å²) in [6, 6.07) is 13.9. The second-order valence-corrected chi connectivity index (χ2v) is 6.22. The normalized spacial score (nSPS) is 10.8. The van der Waals surface area contributed by atoms with Gasteiger partial charge < -0.3 is 5.32 Å². The summed E-state index contributed by atoms with van der Waals surface area (Å²) in [4.78, 5) is 24.1. The van der Waals surface area contributed by atoms with E-state index in [2.05, 4.69) is 5.32 Å². The number of halogens is 1. The summed E-state index contributed by atoms with van der Waals surface area (Å²) in [5.41, 5.74) is 0.880. The van der Waals surface area contributed by atoms with Gasteiger partial charge in [0.25, 0.3) is 5.56 Å². The Balaban J connectivity index is 1.62. The van der Waals surface area contributed by atoms with Crippen molar-refractivity contribution in [3.05, 3.63) is 70.3 Å². The Morgan fingerprint density at radius 3 is 2.74 bits per heavy atom. The molecule has 6 heteroatoms. The number of rotatable bonds is 5. The Kier molecular flexibility index (Phi) is 4.52. The molecule has 0 saturated heterocycles. The molecule has 2 aromatic carbocycles. The lowest BCUT2D eigenvalue weighted by Crippen LogP contribution is -2.31. The molecule has 0 radical (unpaired) electrons. The summed E-state index contributed by atoms with van der Waals surface area (Å²) in [5, 5.41) is 3.23. The van der Waals surface area contributed by atoms with Crippen molar-refractivity contribution in [2.45, 2.75) is 13.0 Å². The average Bonchev–Trinajstić information content (AvgIpc) is 2.83. The highest BCUT2D eigenvalue weighted by molar-refractivity contribution is 7.13. The fraction of sp³-hybridized carbons (Fsp3) is 0.176. The van der Waals surface area contributed by atoms with E-state index in [9.17, 15) is 14.0 Å². The zero-order valence-electron chi connectivity index (χ0n) is 12.3. The van der Waals surface area contributed by atoms with E-state index < -0.39 is 5.82 Å². The van der Waals surface area contributed by atoms with E-state index in [1.54, 1.807) is 0 Å². The zero-order chi connectivity index (χ0) is 16.2. The lowest BCUT2D eigenvalue weighted by Gasteiger charge is -2.05. The van der Waals surface area contributed by atoms with Gasteiger partial charge in [0.2, 0.25) is 5.91 Å². The van der Waals surface area contributed by atoms with Crippen LogP contribution in [0.3, 0.4) is 0 Å². The highest BCUT2D eigenvalue weighted by atomic mass is 32.1. The minimum atomic E-state index is -0.391. The smallest absolute Gasteiger partial charge is 0.269 e. The van der Waals surface area contributed by atoms with E-state index in [-0.39, 0.29) is 18.0 Å². The number of fused-ring (bicyclic) bond motifs is 1. The molecule has 0 unspecified atom stereocenters. The molecule has 4 nitrogen and oxygen atoms in total. The van der Waals surface area contributed by atoms with Crippen LogP contribution < -0.4 is 10.9 Å². The molecule has 0 spiro atoms. The quantitative estimate of drug-likeness (QED) is 0.782. The molecular weight excluding hydrogens is 315 g/mol. The maximum absolute atomic E-state index is 13.2. The summed E-state index contributed by atoms with van der Waals surface area (Å²) in [7, 11) is 0. The van der Waals surface area contributed by atoms with E-state index >= 15 is 0 Å². The lowest BCUT2D eigenvalue weighted by atomic mass is 10.1. The van der Waals surface area contributed by atoms with E-state index in [1.165, 1.54) is 22.2 Å². The Morgan fingerprint density at radius 2 is 1.96 bits per heavy atom. The molecule has 1 aromatic heterocycles. The summed E-state index contributed by atoms with van der Waals surface area (Å²) < 4.78 is 15.1. The average molecular weight is 330 g/mol. The van der Waals surface area contributed by atoms with E-state index in [0.717, 1.165) is 23.5 Å². The third-order valence-corrected chi connectivity index (χ3v) is 4.52. The summed E-state index contributed by atoms with van der Waals surface area (Å²) in [6.45, 7) is 0.464. The number of carbonyl (C=O) groups excluding carboxylic acids is 1. The van der Waals surface area contributed by atoms with Crippen molar-refractivity contribution in [2.75, 3.05) is 6.54 Å². The molecule has 0 fully saturated rings. The van der Waals surface area contributed by atoms with Gasteiger partial charge in [0.05, 0.1) is 10.1 Å². The number of hydrogen-bond donors (Lipinski definition) is 1. The zero-order valence-corrected chi connectivity index (χ0v) is 13.1. The van der Waals surface area contributed by atoms with Crippen LogP contribution in [0.2, 0.25) is 0 Å². The van der Waals surface area contributed by atoms with Crippen LogP contribution in [0, 0.1) is 5.82 Å². The van der Waals surface area contributed by atoms with E-state index in [1.807, 2.05) is 30.3 Å². The molecule has 0 atom stereocenters. The van der Waals surface area contributed by atoms with Crippen molar-refractivity contribution in [2.24, 2.45) is 0 Å². The van der Waals surface area contributed by atoms with Crippen molar-refractivity contribution < 1.29 is 9.18 Å². The number of hydrogen-bond acceptors (Lipinski definition) is 3. The van der Waals surface area contributed by atoms with Crippen LogP contribution in [0.4, 0.5) is 4.39 Å². The molecule has 0 saturated carbocycles. The topological polar surface area (TPSA) is 51.1 Å². The first-order valence-electron chi connectivity index (χ1n) is 7.23. The van der Waals surface area contributed by atoms with Crippen LogP contribution in [0.25, 0.3) is 10.1 Å². The predicted octanol–water partition coefficient (Wildman–Crippen LogP) is 2.56. The highest BCUT2D eigenvalue weighted by Crippen LogP contribution is 2.17. The van der Waals surface area contributed by atoms with Crippen molar-refractivity contribution in [3.8, 4) is 0 Å². The first-order valence-corrected chi connectivity index (χ1v) is 8.01. The fourth-order valence-corrected chi connectivity index (χ4v) is 3.34. The largest absolute Gasteiger partial charge is 0.354 e. The van der Waals surface area contributed by atoms with Crippen LogP contribution in [0.1, 0.15) is 5.56 Å². The third kappa shape index (κ3) is 3.65. The highest BCUT2D eigenvalue weighted by Gasteiger charge is 2.11. The molecule has 3 aromatic rings. The van der Waals surface area contributed by atoms with Gasteiger partial charge in [-0.2, -0.15) is 0 Å². The van der Waals surface area contributed by atoms with Gasteiger partial charge in [0.15, 0.2) is 0 Å². The van der Waals surface area contributed by atoms with Gasteiger partial charge >= 0.3 is 0 Å². The van der Waals surface area contributed by atoms with E-state index in [4.69, 9.17) is 0 Å². The molecule has 1 amide bonds. The molecular formula is C17H15FN2O2S. The summed E-state index contributed by atoms with van der Waals surface area (Å²) >= 11 is 1.10. The minimum Gasteiger partial charge on any atom is -0.354 e.